The number of allylic oxidation sites excluding steroid dienone is 2. The highest BCUT2D eigenvalue weighted by Crippen LogP contribution is 2.46. The first-order valence-electron chi connectivity index (χ1n) is 12.3. The molecular weight excluding hydrogens is 593 g/mol. The molecule has 4 rings (SSSR count). The highest BCUT2D eigenvalue weighted by Gasteiger charge is 2.50. The van der Waals surface area contributed by atoms with Gasteiger partial charge in [0.15, 0.2) is 11.5 Å². The fourth-order valence-corrected chi connectivity index (χ4v) is 6.35. The van der Waals surface area contributed by atoms with Crippen LogP contribution in [0.15, 0.2) is 40.8 Å². The molecule has 0 spiro atoms. The maximum atomic E-state index is 13.4. The van der Waals surface area contributed by atoms with Gasteiger partial charge in [0, 0.05) is 16.7 Å². The zero-order chi connectivity index (χ0) is 30.3. The summed E-state index contributed by atoms with van der Waals surface area (Å²) >= 11 is 0. The van der Waals surface area contributed by atoms with Crippen LogP contribution in [-0.2, 0) is 42.8 Å². The van der Waals surface area contributed by atoms with Crippen LogP contribution in [0, 0.1) is 19.8 Å². The van der Waals surface area contributed by atoms with Crippen molar-refractivity contribution in [1.29, 1.82) is 0 Å². The zero-order valence-electron chi connectivity index (χ0n) is 21.8. The molecule has 0 saturated heterocycles. The average Bonchev–Trinajstić information content (AvgIpc) is 3.46. The first kappa shape index (κ1) is 30.4. The van der Waals surface area contributed by atoms with E-state index in [1.807, 2.05) is 0 Å². The first-order chi connectivity index (χ1) is 19.0. The fraction of sp³-hybridized carbons (Fsp3) is 0.385. The second-order valence-corrected chi connectivity index (χ2v) is 12.8. The third-order valence-corrected chi connectivity index (χ3v) is 9.12. The monoisotopic (exact) mass is 618 g/mol. The molecule has 15 heteroatoms. The van der Waals surface area contributed by atoms with Crippen LogP contribution in [0.2, 0.25) is 0 Å². The molecule has 1 aliphatic carbocycles. The van der Waals surface area contributed by atoms with Crippen molar-refractivity contribution in [1.82, 2.24) is 0 Å². The predicted octanol–water partition coefficient (Wildman–Crippen LogP) is 4.71. The van der Waals surface area contributed by atoms with Gasteiger partial charge in [0.2, 0.25) is 0 Å². The average molecular weight is 619 g/mol. The summed E-state index contributed by atoms with van der Waals surface area (Å²) in [6, 6.07) is 5.39. The van der Waals surface area contributed by atoms with Crippen molar-refractivity contribution in [2.45, 2.75) is 63.0 Å². The Hall–Kier alpha value is -3.59. The quantitative estimate of drug-likeness (QED) is 0.181. The molecule has 1 saturated carbocycles. The predicted molar refractivity (Wildman–Crippen MR) is 136 cm³/mol. The molecule has 2 aromatic carbocycles. The third kappa shape index (κ3) is 6.20. The van der Waals surface area contributed by atoms with Crippen LogP contribution in [0.3, 0.4) is 0 Å². The number of esters is 1. The number of ether oxygens (including phenoxy) is 1. The van der Waals surface area contributed by atoms with Crippen LogP contribution >= 0.6 is 0 Å². The van der Waals surface area contributed by atoms with Gasteiger partial charge in [0.25, 0.3) is 0 Å². The molecule has 1 atom stereocenters. The van der Waals surface area contributed by atoms with E-state index in [-0.39, 0.29) is 22.4 Å². The van der Waals surface area contributed by atoms with E-state index in [0.717, 1.165) is 5.56 Å². The molecule has 1 aliphatic heterocycles. The van der Waals surface area contributed by atoms with Gasteiger partial charge in [-0.3, -0.25) is 4.79 Å². The molecule has 0 amide bonds. The smallest absolute Gasteiger partial charge is 0.481 e. The van der Waals surface area contributed by atoms with E-state index >= 15 is 0 Å². The number of fused-ring (bicyclic) bond motifs is 1. The standard InChI is InChI=1S/C26H25F3O10S2/c1-14-6-9-18(10-7-14)40(33,34)38-24-19(11-8-16-4-3-5-17(16)12-21(30)31)23(39-41(35,36)26(27,28)29)15(2)20-13-37-25(32)22(20)24/h6-10,17H,3-5,11-13H2,1-2H3,(H,30,31)/b16-8+. The summed E-state index contributed by atoms with van der Waals surface area (Å²) in [5.74, 6) is -4.07. The molecule has 1 fully saturated rings. The van der Waals surface area contributed by atoms with Gasteiger partial charge in [-0.1, -0.05) is 29.3 Å². The number of carbonyl (C=O) groups excluding carboxylic acids is 1. The Morgan fingerprint density at radius 2 is 1.76 bits per heavy atom. The van der Waals surface area contributed by atoms with Gasteiger partial charge >= 0.3 is 37.7 Å². The van der Waals surface area contributed by atoms with E-state index in [2.05, 4.69) is 4.18 Å². The summed E-state index contributed by atoms with van der Waals surface area (Å²) in [7, 11) is -10.9. The minimum atomic E-state index is -6.24. The van der Waals surface area contributed by atoms with Gasteiger partial charge in [0.05, 0.1) is 6.42 Å². The molecule has 222 valence electrons. The summed E-state index contributed by atoms with van der Waals surface area (Å²) < 4.78 is 106. The minimum Gasteiger partial charge on any atom is -0.481 e. The number of carboxylic acids is 1. The molecule has 1 heterocycles. The Bertz CT molecular complexity index is 1640. The topological polar surface area (TPSA) is 150 Å². The van der Waals surface area contributed by atoms with Crippen LogP contribution in [0.1, 0.15) is 58.3 Å². The van der Waals surface area contributed by atoms with Crippen molar-refractivity contribution < 1.29 is 57.8 Å². The van der Waals surface area contributed by atoms with E-state index in [1.54, 1.807) is 6.92 Å². The number of benzene rings is 2. The van der Waals surface area contributed by atoms with Gasteiger partial charge in [-0.15, -0.1) is 0 Å². The van der Waals surface area contributed by atoms with E-state index in [4.69, 9.17) is 8.92 Å². The molecule has 2 aliphatic rings. The van der Waals surface area contributed by atoms with Crippen molar-refractivity contribution >= 4 is 32.2 Å². The summed E-state index contributed by atoms with van der Waals surface area (Å²) in [4.78, 5) is 23.7. The Morgan fingerprint density at radius 3 is 2.37 bits per heavy atom. The Kier molecular flexibility index (Phi) is 8.15. The van der Waals surface area contributed by atoms with Crippen LogP contribution < -0.4 is 8.37 Å². The second-order valence-electron chi connectivity index (χ2n) is 9.70. The molecular formula is C26H25F3O10S2. The number of carboxylic acid groups (broad SMARTS) is 1. The molecule has 10 nitrogen and oxygen atoms in total. The van der Waals surface area contributed by atoms with Crippen molar-refractivity contribution in [3.63, 3.8) is 0 Å². The fourth-order valence-electron chi connectivity index (χ4n) is 4.85. The van der Waals surface area contributed by atoms with E-state index < -0.39 is 79.3 Å². The number of rotatable bonds is 9. The third-order valence-electron chi connectivity index (χ3n) is 6.93. The Morgan fingerprint density at radius 1 is 1.10 bits per heavy atom. The van der Waals surface area contributed by atoms with Gasteiger partial charge < -0.3 is 18.2 Å². The Labute approximate surface area is 234 Å². The number of aliphatic carboxylic acids is 1. The summed E-state index contributed by atoms with van der Waals surface area (Å²) in [5, 5.41) is 9.23. The van der Waals surface area contributed by atoms with Crippen LogP contribution in [-0.4, -0.2) is 39.4 Å². The van der Waals surface area contributed by atoms with E-state index in [1.165, 1.54) is 37.3 Å². The molecule has 1 unspecified atom stereocenters. The van der Waals surface area contributed by atoms with Crippen molar-refractivity contribution in [3.8, 4) is 11.5 Å². The highest BCUT2D eigenvalue weighted by molar-refractivity contribution is 7.88. The lowest BCUT2D eigenvalue weighted by Crippen LogP contribution is -2.29. The maximum absolute atomic E-state index is 13.4. The lowest BCUT2D eigenvalue weighted by molar-refractivity contribution is -0.137. The van der Waals surface area contributed by atoms with Crippen molar-refractivity contribution in [2.75, 3.05) is 0 Å². The summed E-state index contributed by atoms with van der Waals surface area (Å²) in [6.07, 6.45) is 2.45. The highest BCUT2D eigenvalue weighted by atomic mass is 32.2. The largest absolute Gasteiger partial charge is 0.534 e. The second kappa shape index (κ2) is 11.0. The van der Waals surface area contributed by atoms with E-state index in [9.17, 15) is 44.7 Å². The maximum Gasteiger partial charge on any atom is 0.534 e. The summed E-state index contributed by atoms with van der Waals surface area (Å²) in [6.45, 7) is 2.42. The SMILES string of the molecule is Cc1ccc(S(=O)(=O)Oc2c(C/C=C3\CCCC3CC(=O)O)c(OS(=O)(=O)C(F)(F)F)c(C)c3c2C(=O)OC3)cc1. The molecule has 0 bridgehead atoms. The molecule has 0 radical (unpaired) electrons. The van der Waals surface area contributed by atoms with Crippen molar-refractivity contribution in [3.05, 3.63) is 63.7 Å². The lowest BCUT2D eigenvalue weighted by Gasteiger charge is -2.21. The number of halogens is 3. The first-order valence-corrected chi connectivity index (χ1v) is 15.1. The van der Waals surface area contributed by atoms with E-state index in [0.29, 0.717) is 24.8 Å². The Balaban J connectivity index is 1.94. The van der Waals surface area contributed by atoms with Crippen LogP contribution in [0.25, 0.3) is 0 Å². The lowest BCUT2D eigenvalue weighted by atomic mass is 9.93. The molecule has 0 aromatic heterocycles. The van der Waals surface area contributed by atoms with Crippen LogP contribution in [0.5, 0.6) is 11.5 Å². The zero-order valence-corrected chi connectivity index (χ0v) is 23.4. The number of aryl methyl sites for hydroxylation is 1. The number of hydrogen-bond donors (Lipinski definition) is 1. The number of alkyl halides is 3. The van der Waals surface area contributed by atoms with Crippen molar-refractivity contribution in [2.24, 2.45) is 5.92 Å². The normalized spacial score (nSPS) is 18.3. The van der Waals surface area contributed by atoms with Gasteiger partial charge in [-0.05, 0) is 57.6 Å². The molecule has 2 aromatic rings. The van der Waals surface area contributed by atoms with Gasteiger partial charge in [0.1, 0.15) is 17.1 Å². The minimum absolute atomic E-state index is 0.0995. The van der Waals surface area contributed by atoms with Crippen LogP contribution in [0.4, 0.5) is 13.2 Å². The number of cyclic esters (lactones) is 1. The number of hydrogen-bond acceptors (Lipinski definition) is 9. The number of carbonyl (C=O) groups is 2. The summed E-state index contributed by atoms with van der Waals surface area (Å²) in [5.41, 5.74) is -5.62. The molecule has 41 heavy (non-hydrogen) atoms. The van der Waals surface area contributed by atoms with Gasteiger partial charge in [-0.2, -0.15) is 30.0 Å². The molecule has 1 N–H and O–H groups in total. The van der Waals surface area contributed by atoms with Gasteiger partial charge in [-0.25, -0.2) is 4.79 Å².